The molecule has 1 aromatic rings. The summed E-state index contributed by atoms with van der Waals surface area (Å²) in [7, 11) is 1.61. The van der Waals surface area contributed by atoms with E-state index in [0.29, 0.717) is 12.2 Å². The number of hydrogen-bond donors (Lipinski definition) is 2. The number of ether oxygens (including phenoxy) is 1. The van der Waals surface area contributed by atoms with Crippen LogP contribution in [0, 0.1) is 5.41 Å². The molecule has 0 aromatic heterocycles. The molecular formula is C14H23NO2. The van der Waals surface area contributed by atoms with E-state index in [9.17, 15) is 5.11 Å². The van der Waals surface area contributed by atoms with E-state index < -0.39 is 6.10 Å². The lowest BCUT2D eigenvalue weighted by Crippen LogP contribution is -2.36. The summed E-state index contributed by atoms with van der Waals surface area (Å²) in [4.78, 5) is 0. The van der Waals surface area contributed by atoms with Crippen LogP contribution in [0.15, 0.2) is 24.3 Å². The number of rotatable bonds is 4. The van der Waals surface area contributed by atoms with E-state index in [0.717, 1.165) is 5.56 Å². The molecule has 3 N–H and O–H groups in total. The van der Waals surface area contributed by atoms with E-state index in [1.807, 2.05) is 24.3 Å². The van der Waals surface area contributed by atoms with Gasteiger partial charge < -0.3 is 15.6 Å². The minimum Gasteiger partial charge on any atom is -0.496 e. The predicted molar refractivity (Wildman–Crippen MR) is 70.0 cm³/mol. The summed E-state index contributed by atoms with van der Waals surface area (Å²) in [6.07, 6.45) is -0.0514. The highest BCUT2D eigenvalue weighted by atomic mass is 16.5. The first kappa shape index (κ1) is 14.0. The van der Waals surface area contributed by atoms with E-state index in [1.165, 1.54) is 0 Å². The number of aliphatic hydroxyl groups excluding tert-OH is 1. The molecule has 1 aromatic carbocycles. The fraction of sp³-hybridized carbons (Fsp3) is 0.571. The zero-order chi connectivity index (χ0) is 13.1. The van der Waals surface area contributed by atoms with E-state index in [4.69, 9.17) is 10.5 Å². The summed E-state index contributed by atoms with van der Waals surface area (Å²) in [6.45, 7) is 6.23. The molecule has 0 saturated carbocycles. The first-order valence-corrected chi connectivity index (χ1v) is 5.93. The van der Waals surface area contributed by atoms with Crippen LogP contribution in [-0.2, 0) is 0 Å². The second-order valence-corrected chi connectivity index (χ2v) is 5.47. The second kappa shape index (κ2) is 5.52. The molecule has 0 aliphatic rings. The van der Waals surface area contributed by atoms with Gasteiger partial charge in [-0.3, -0.25) is 0 Å². The topological polar surface area (TPSA) is 55.5 Å². The fourth-order valence-corrected chi connectivity index (χ4v) is 1.66. The Labute approximate surface area is 104 Å². The first-order chi connectivity index (χ1) is 7.86. The zero-order valence-corrected chi connectivity index (χ0v) is 11.1. The third-order valence-corrected chi connectivity index (χ3v) is 3.09. The molecule has 2 atom stereocenters. The maximum atomic E-state index is 10.2. The van der Waals surface area contributed by atoms with Crippen LogP contribution in [0.1, 0.15) is 38.9 Å². The Hall–Kier alpha value is -1.06. The lowest BCUT2D eigenvalue weighted by Gasteiger charge is -2.29. The molecule has 3 heteroatoms. The van der Waals surface area contributed by atoms with Crippen LogP contribution in [-0.4, -0.2) is 18.3 Å². The summed E-state index contributed by atoms with van der Waals surface area (Å²) < 4.78 is 5.23. The van der Waals surface area contributed by atoms with Crippen molar-refractivity contribution in [2.45, 2.75) is 39.3 Å². The Morgan fingerprint density at radius 3 is 2.41 bits per heavy atom. The van der Waals surface area contributed by atoms with E-state index in [-0.39, 0.29) is 11.5 Å². The summed E-state index contributed by atoms with van der Waals surface area (Å²) in [5, 5.41) is 10.2. The molecule has 0 heterocycles. The van der Waals surface area contributed by atoms with Crippen LogP contribution in [0.5, 0.6) is 5.75 Å². The van der Waals surface area contributed by atoms with Crippen LogP contribution in [0.3, 0.4) is 0 Å². The highest BCUT2D eigenvalue weighted by Crippen LogP contribution is 2.31. The molecule has 0 bridgehead atoms. The average molecular weight is 237 g/mol. The number of methoxy groups -OCH3 is 1. The number of nitrogens with two attached hydrogens (primary N) is 1. The van der Waals surface area contributed by atoms with Crippen molar-refractivity contribution >= 4 is 0 Å². The molecule has 0 aliphatic carbocycles. The molecule has 0 fully saturated rings. The largest absolute Gasteiger partial charge is 0.496 e. The predicted octanol–water partition coefficient (Wildman–Crippen LogP) is 2.49. The SMILES string of the molecule is COc1ccccc1[C@H](O)C[C@@H](N)C(C)(C)C. The Kier molecular flexibility index (Phi) is 4.54. The number of para-hydroxylation sites is 1. The minimum atomic E-state index is -0.583. The summed E-state index contributed by atoms with van der Waals surface area (Å²) in [5.74, 6) is 0.709. The van der Waals surface area contributed by atoms with Gasteiger partial charge in [0.25, 0.3) is 0 Å². The molecule has 0 unspecified atom stereocenters. The Bertz CT molecular complexity index is 357. The maximum absolute atomic E-state index is 10.2. The van der Waals surface area contributed by atoms with Crippen molar-refractivity contribution < 1.29 is 9.84 Å². The molecule has 96 valence electrons. The molecule has 17 heavy (non-hydrogen) atoms. The van der Waals surface area contributed by atoms with Gasteiger partial charge in [-0.15, -0.1) is 0 Å². The highest BCUT2D eigenvalue weighted by Gasteiger charge is 2.25. The maximum Gasteiger partial charge on any atom is 0.124 e. The second-order valence-electron chi connectivity index (χ2n) is 5.47. The third-order valence-electron chi connectivity index (χ3n) is 3.09. The van der Waals surface area contributed by atoms with Gasteiger partial charge in [0.05, 0.1) is 13.2 Å². The normalized spacial score (nSPS) is 15.4. The van der Waals surface area contributed by atoms with Crippen molar-refractivity contribution in [3.8, 4) is 5.75 Å². The summed E-state index contributed by atoms with van der Waals surface area (Å²) >= 11 is 0. The molecule has 1 rings (SSSR count). The summed E-state index contributed by atoms with van der Waals surface area (Å²) in [6, 6.07) is 7.45. The third kappa shape index (κ3) is 3.72. The van der Waals surface area contributed by atoms with Crippen molar-refractivity contribution in [2.24, 2.45) is 11.1 Å². The minimum absolute atomic E-state index is 0.0109. The first-order valence-electron chi connectivity index (χ1n) is 5.93. The summed E-state index contributed by atoms with van der Waals surface area (Å²) in [5.41, 5.74) is 6.87. The molecule has 3 nitrogen and oxygen atoms in total. The van der Waals surface area contributed by atoms with Gasteiger partial charge in [0.2, 0.25) is 0 Å². The van der Waals surface area contributed by atoms with Crippen LogP contribution < -0.4 is 10.5 Å². The molecule has 0 aliphatic heterocycles. The van der Waals surface area contributed by atoms with Gasteiger partial charge in [-0.05, 0) is 17.9 Å². The molecule has 0 radical (unpaired) electrons. The van der Waals surface area contributed by atoms with Crippen molar-refractivity contribution in [2.75, 3.05) is 7.11 Å². The zero-order valence-electron chi connectivity index (χ0n) is 11.1. The molecule has 0 amide bonds. The van der Waals surface area contributed by atoms with Gasteiger partial charge in [0.1, 0.15) is 5.75 Å². The average Bonchev–Trinajstić information content (AvgIpc) is 2.27. The van der Waals surface area contributed by atoms with E-state index >= 15 is 0 Å². The number of hydrogen-bond acceptors (Lipinski definition) is 3. The smallest absolute Gasteiger partial charge is 0.124 e. The fourth-order valence-electron chi connectivity index (χ4n) is 1.66. The van der Waals surface area contributed by atoms with E-state index in [2.05, 4.69) is 20.8 Å². The Morgan fingerprint density at radius 1 is 1.29 bits per heavy atom. The van der Waals surface area contributed by atoms with Gasteiger partial charge in [0.15, 0.2) is 0 Å². The Balaban J connectivity index is 2.79. The molecule has 0 spiro atoms. The van der Waals surface area contributed by atoms with Crippen LogP contribution >= 0.6 is 0 Å². The van der Waals surface area contributed by atoms with Gasteiger partial charge in [-0.25, -0.2) is 0 Å². The number of benzene rings is 1. The van der Waals surface area contributed by atoms with Crippen molar-refractivity contribution in [3.05, 3.63) is 29.8 Å². The number of aliphatic hydroxyl groups is 1. The quantitative estimate of drug-likeness (QED) is 0.846. The van der Waals surface area contributed by atoms with Crippen LogP contribution in [0.4, 0.5) is 0 Å². The van der Waals surface area contributed by atoms with Crippen molar-refractivity contribution in [1.82, 2.24) is 0 Å². The Morgan fingerprint density at radius 2 is 1.88 bits per heavy atom. The monoisotopic (exact) mass is 237 g/mol. The standard InChI is InChI=1S/C14H23NO2/c1-14(2,3)13(15)9-11(16)10-7-5-6-8-12(10)17-4/h5-8,11,13,16H,9,15H2,1-4H3/t11-,13-/m1/s1. The molecular weight excluding hydrogens is 214 g/mol. The van der Waals surface area contributed by atoms with E-state index in [1.54, 1.807) is 7.11 Å². The van der Waals surface area contributed by atoms with Crippen molar-refractivity contribution in [1.29, 1.82) is 0 Å². The van der Waals surface area contributed by atoms with Gasteiger partial charge in [-0.1, -0.05) is 39.0 Å². The van der Waals surface area contributed by atoms with Gasteiger partial charge in [0, 0.05) is 11.6 Å². The van der Waals surface area contributed by atoms with Gasteiger partial charge in [-0.2, -0.15) is 0 Å². The van der Waals surface area contributed by atoms with Crippen LogP contribution in [0.2, 0.25) is 0 Å². The van der Waals surface area contributed by atoms with Crippen molar-refractivity contribution in [3.63, 3.8) is 0 Å². The molecule has 0 saturated heterocycles. The lowest BCUT2D eigenvalue weighted by molar-refractivity contribution is 0.130. The lowest BCUT2D eigenvalue weighted by atomic mass is 9.83. The van der Waals surface area contributed by atoms with Crippen LogP contribution in [0.25, 0.3) is 0 Å². The van der Waals surface area contributed by atoms with Gasteiger partial charge >= 0.3 is 0 Å². The highest BCUT2D eigenvalue weighted by molar-refractivity contribution is 5.35.